The van der Waals surface area contributed by atoms with Gasteiger partial charge in [-0.3, -0.25) is 0 Å². The van der Waals surface area contributed by atoms with Crippen molar-refractivity contribution in [3.05, 3.63) is 124 Å². The van der Waals surface area contributed by atoms with Gasteiger partial charge in [-0.15, -0.1) is 45.8 Å². The van der Waals surface area contributed by atoms with Crippen molar-refractivity contribution < 1.29 is 19.2 Å². The molecule has 0 fully saturated rings. The van der Waals surface area contributed by atoms with Crippen LogP contribution in [0.1, 0.15) is 0 Å². The molecular formula is C28H24SiTi-4. The topological polar surface area (TPSA) is 0 Å². The van der Waals surface area contributed by atoms with Crippen molar-refractivity contribution in [1.29, 1.82) is 0 Å². The number of hydrogen-bond donors (Lipinski definition) is 0. The fraction of sp³-hybridized carbons (Fsp3) is 0. The molecule has 148 valence electrons. The molecule has 6 aromatic carbocycles. The Hall–Kier alpha value is -2.45. The molecule has 0 spiro atoms. The smallest absolute Gasteiger partial charge is 0.0606 e. The second kappa shape index (κ2) is 11.1. The molecule has 0 aliphatic carbocycles. The number of rotatable bonds is 0. The van der Waals surface area contributed by atoms with Gasteiger partial charge < -0.3 is 14.9 Å². The molecule has 2 radical (unpaired) electrons. The summed E-state index contributed by atoms with van der Waals surface area (Å²) in [6.07, 6.45) is 0. The Morgan fingerprint density at radius 1 is 0.467 bits per heavy atom. The van der Waals surface area contributed by atoms with E-state index < -0.39 is 0 Å². The summed E-state index contributed by atoms with van der Waals surface area (Å²) >= 11 is 1.81. The van der Waals surface area contributed by atoms with Crippen molar-refractivity contribution in [1.82, 2.24) is 0 Å². The van der Waals surface area contributed by atoms with Gasteiger partial charge in [0.05, 0.1) is 0 Å². The summed E-state index contributed by atoms with van der Waals surface area (Å²) in [5.41, 5.74) is 0. The molecule has 6 aromatic rings. The predicted octanol–water partition coefficient (Wildman–Crippen LogP) is 7.94. The second-order valence-corrected chi connectivity index (χ2v) is 6.63. The van der Waals surface area contributed by atoms with Crippen LogP contribution in [-0.2, 0) is 19.2 Å². The van der Waals surface area contributed by atoms with Crippen molar-refractivity contribution in [2.45, 2.75) is 0 Å². The Kier molecular flexibility index (Phi) is 8.80. The van der Waals surface area contributed by atoms with Crippen molar-refractivity contribution >= 4 is 50.7 Å². The minimum atomic E-state index is 0. The van der Waals surface area contributed by atoms with Gasteiger partial charge in [0.1, 0.15) is 0 Å². The quantitative estimate of drug-likeness (QED) is 0.167. The molecule has 30 heavy (non-hydrogen) atoms. The van der Waals surface area contributed by atoms with E-state index in [4.69, 9.17) is 0 Å². The first-order chi connectivity index (χ1) is 13.9. The normalized spacial score (nSPS) is 9.70. The molecule has 0 aliphatic rings. The number of hydrogen-bond acceptors (Lipinski definition) is 0. The summed E-state index contributed by atoms with van der Waals surface area (Å²) in [5.74, 6) is 0. The third-order valence-electron chi connectivity index (χ3n) is 5.09. The predicted molar refractivity (Wildman–Crippen MR) is 133 cm³/mol. The van der Waals surface area contributed by atoms with E-state index in [1.54, 1.807) is 19.2 Å². The van der Waals surface area contributed by atoms with Gasteiger partial charge in [-0.2, -0.15) is 24.3 Å². The second-order valence-electron chi connectivity index (χ2n) is 6.63. The van der Waals surface area contributed by atoms with Crippen LogP contribution in [0.3, 0.4) is 0 Å². The van der Waals surface area contributed by atoms with Crippen LogP contribution in [0.15, 0.2) is 109 Å². The zero-order chi connectivity index (χ0) is 19.3. The monoisotopic (exact) mass is 436 g/mol. The fourth-order valence-corrected chi connectivity index (χ4v) is 3.78. The first-order valence-corrected chi connectivity index (χ1v) is 12.1. The summed E-state index contributed by atoms with van der Waals surface area (Å²) in [6.45, 7) is 0. The van der Waals surface area contributed by atoms with Gasteiger partial charge in [-0.25, -0.2) is 0 Å². The van der Waals surface area contributed by atoms with Crippen LogP contribution >= 0.6 is 0 Å². The van der Waals surface area contributed by atoms with Crippen LogP contribution < -0.4 is 0 Å². The fourth-order valence-electron chi connectivity index (χ4n) is 3.78. The average molecular weight is 436 g/mol. The third kappa shape index (κ3) is 4.65. The number of benzene rings is 4. The Morgan fingerprint density at radius 2 is 0.833 bits per heavy atom. The first kappa shape index (κ1) is 23.8. The van der Waals surface area contributed by atoms with E-state index in [9.17, 15) is 0 Å². The molecule has 0 saturated heterocycles. The molecule has 0 aromatic heterocycles. The SMILES string of the molecule is [CH3-].[CH3-].[Si]=[Ti].c1ccc2c(c1)ccc1cc[cH-]c12.c1ccc2c(c1)ccc1cc[cH-]c12. The van der Waals surface area contributed by atoms with Crippen LogP contribution in [0.4, 0.5) is 0 Å². The molecule has 0 heterocycles. The van der Waals surface area contributed by atoms with Crippen LogP contribution in [0.5, 0.6) is 0 Å². The van der Waals surface area contributed by atoms with Gasteiger partial charge in [0, 0.05) is 0 Å². The van der Waals surface area contributed by atoms with Crippen LogP contribution in [0.25, 0.3) is 43.1 Å². The van der Waals surface area contributed by atoms with E-state index in [2.05, 4.69) is 117 Å². The maximum absolute atomic E-state index is 2.97. The van der Waals surface area contributed by atoms with E-state index in [0.29, 0.717) is 0 Å². The van der Waals surface area contributed by atoms with E-state index in [1.807, 2.05) is 0 Å². The van der Waals surface area contributed by atoms with Crippen molar-refractivity contribution in [2.24, 2.45) is 0 Å². The van der Waals surface area contributed by atoms with E-state index in [1.165, 1.54) is 43.1 Å². The molecule has 0 nitrogen and oxygen atoms in total. The third-order valence-corrected chi connectivity index (χ3v) is 5.09. The molecule has 0 saturated carbocycles. The zero-order valence-corrected chi connectivity index (χ0v) is 20.0. The summed E-state index contributed by atoms with van der Waals surface area (Å²) in [7, 11) is 2.97. The summed E-state index contributed by atoms with van der Waals surface area (Å²) in [5, 5.41) is 10.7. The minimum Gasteiger partial charge on any atom is -0.168 e. The average Bonchev–Trinajstić information content (AvgIpc) is 3.45. The largest absolute Gasteiger partial charge is 0.168 e. The van der Waals surface area contributed by atoms with E-state index in [-0.39, 0.29) is 14.9 Å². The van der Waals surface area contributed by atoms with Gasteiger partial charge in [-0.05, 0) is 0 Å². The van der Waals surface area contributed by atoms with E-state index in [0.717, 1.165) is 0 Å². The Labute approximate surface area is 193 Å². The van der Waals surface area contributed by atoms with Crippen molar-refractivity contribution in [2.75, 3.05) is 0 Å². The zero-order valence-electron chi connectivity index (χ0n) is 17.4. The molecule has 0 unspecified atom stereocenters. The molecule has 0 N–H and O–H groups in total. The summed E-state index contributed by atoms with van der Waals surface area (Å²) in [4.78, 5) is 0. The van der Waals surface area contributed by atoms with Gasteiger partial charge in [0.2, 0.25) is 0 Å². The minimum absolute atomic E-state index is 0. The summed E-state index contributed by atoms with van der Waals surface area (Å²) < 4.78 is 0. The van der Waals surface area contributed by atoms with Gasteiger partial charge in [0.15, 0.2) is 0 Å². The molecule has 0 aliphatic heterocycles. The Balaban J connectivity index is 0.000000186. The maximum Gasteiger partial charge on any atom is -0.0606 e. The van der Waals surface area contributed by atoms with Crippen molar-refractivity contribution in [3.8, 4) is 0 Å². The molecular weight excluding hydrogens is 412 g/mol. The molecule has 0 bridgehead atoms. The standard InChI is InChI=1S/2C13H9.2CH3.Si.Ti/c2*1-2-6-12-10(4-1)8-9-11-5-3-7-13(11)12;;;;/h2*1-9H;2*1H3;;/q4*-1;;. The van der Waals surface area contributed by atoms with Gasteiger partial charge in [0.25, 0.3) is 0 Å². The van der Waals surface area contributed by atoms with Gasteiger partial charge in [-0.1, -0.05) is 82.2 Å². The Bertz CT molecular complexity index is 1250. The van der Waals surface area contributed by atoms with Crippen LogP contribution in [0.2, 0.25) is 0 Å². The van der Waals surface area contributed by atoms with Crippen LogP contribution in [0, 0.1) is 14.9 Å². The summed E-state index contributed by atoms with van der Waals surface area (Å²) in [6, 6.07) is 38.6. The van der Waals surface area contributed by atoms with E-state index >= 15 is 0 Å². The van der Waals surface area contributed by atoms with Crippen LogP contribution in [-0.4, -0.2) is 7.63 Å². The first-order valence-electron chi connectivity index (χ1n) is 9.21. The van der Waals surface area contributed by atoms with Gasteiger partial charge >= 0.3 is 26.8 Å². The molecule has 6 rings (SSSR count). The molecule has 0 amide bonds. The molecule has 0 atom stereocenters. The Morgan fingerprint density at radius 3 is 1.27 bits per heavy atom. The number of fused-ring (bicyclic) bond motifs is 6. The molecule has 2 heteroatoms. The van der Waals surface area contributed by atoms with Crippen molar-refractivity contribution in [3.63, 3.8) is 0 Å². The maximum atomic E-state index is 2.97.